The zero-order valence-electron chi connectivity index (χ0n) is 13.1. The van der Waals surface area contributed by atoms with E-state index in [1.54, 1.807) is 5.56 Å². The number of hydrogen-bond acceptors (Lipinski definition) is 1. The number of benzene rings is 1. The number of rotatable bonds is 3. The Kier molecular flexibility index (Phi) is 3.90. The van der Waals surface area contributed by atoms with E-state index in [-0.39, 0.29) is 0 Å². The van der Waals surface area contributed by atoms with E-state index in [2.05, 4.69) is 38.1 Å². The van der Waals surface area contributed by atoms with Gasteiger partial charge >= 0.3 is 0 Å². The van der Waals surface area contributed by atoms with Gasteiger partial charge in [0.2, 0.25) is 0 Å². The fraction of sp³-hybridized carbons (Fsp3) is 0.684. The first-order valence-electron chi connectivity index (χ1n) is 8.39. The summed E-state index contributed by atoms with van der Waals surface area (Å²) < 4.78 is 0. The molecular weight excluding hydrogens is 242 g/mol. The van der Waals surface area contributed by atoms with Crippen LogP contribution in [0, 0.1) is 11.3 Å². The third-order valence-corrected chi connectivity index (χ3v) is 5.78. The van der Waals surface area contributed by atoms with Crippen LogP contribution in [0.1, 0.15) is 75.3 Å². The Labute approximate surface area is 124 Å². The topological polar surface area (TPSA) is 26.0 Å². The van der Waals surface area contributed by atoms with Gasteiger partial charge in [0.05, 0.1) is 0 Å². The van der Waals surface area contributed by atoms with Gasteiger partial charge in [0.1, 0.15) is 0 Å². The van der Waals surface area contributed by atoms with Crippen LogP contribution in [-0.4, -0.2) is 6.54 Å². The Bertz CT molecular complexity index is 441. The van der Waals surface area contributed by atoms with E-state index in [4.69, 9.17) is 5.73 Å². The van der Waals surface area contributed by atoms with E-state index in [0.717, 1.165) is 12.5 Å². The van der Waals surface area contributed by atoms with Crippen LogP contribution in [0.4, 0.5) is 0 Å². The molecule has 0 heterocycles. The molecule has 2 fully saturated rings. The molecule has 0 spiro atoms. The SMILES string of the molecule is CC1(C)CCC(CN)C(c2ccc(C3CCC3)cc2)C1. The predicted molar refractivity (Wildman–Crippen MR) is 86.0 cm³/mol. The van der Waals surface area contributed by atoms with Crippen LogP contribution in [0.25, 0.3) is 0 Å². The summed E-state index contributed by atoms with van der Waals surface area (Å²) in [5, 5.41) is 0. The van der Waals surface area contributed by atoms with Crippen molar-refractivity contribution in [2.75, 3.05) is 6.54 Å². The minimum atomic E-state index is 0.475. The quantitative estimate of drug-likeness (QED) is 0.837. The molecule has 0 bridgehead atoms. The monoisotopic (exact) mass is 271 g/mol. The van der Waals surface area contributed by atoms with Gasteiger partial charge in [-0.3, -0.25) is 0 Å². The summed E-state index contributed by atoms with van der Waals surface area (Å²) in [7, 11) is 0. The highest BCUT2D eigenvalue weighted by molar-refractivity contribution is 5.29. The minimum Gasteiger partial charge on any atom is -0.330 e. The van der Waals surface area contributed by atoms with E-state index in [9.17, 15) is 0 Å². The van der Waals surface area contributed by atoms with Crippen molar-refractivity contribution >= 4 is 0 Å². The zero-order valence-corrected chi connectivity index (χ0v) is 13.1. The van der Waals surface area contributed by atoms with E-state index in [1.165, 1.54) is 44.1 Å². The highest BCUT2D eigenvalue weighted by atomic mass is 14.6. The molecule has 2 saturated carbocycles. The lowest BCUT2D eigenvalue weighted by molar-refractivity contribution is 0.165. The summed E-state index contributed by atoms with van der Waals surface area (Å²) >= 11 is 0. The van der Waals surface area contributed by atoms with Gasteiger partial charge in [0.25, 0.3) is 0 Å². The maximum absolute atomic E-state index is 6.03. The predicted octanol–water partition coefficient (Wildman–Crippen LogP) is 4.82. The number of nitrogens with two attached hydrogens (primary N) is 1. The Morgan fingerprint density at radius 1 is 1.05 bits per heavy atom. The van der Waals surface area contributed by atoms with E-state index in [0.29, 0.717) is 17.3 Å². The molecule has 2 N–H and O–H groups in total. The molecule has 2 aliphatic carbocycles. The number of hydrogen-bond donors (Lipinski definition) is 1. The van der Waals surface area contributed by atoms with Gasteiger partial charge in [-0.1, -0.05) is 44.5 Å². The largest absolute Gasteiger partial charge is 0.330 e. The highest BCUT2D eigenvalue weighted by Gasteiger charge is 2.35. The molecule has 2 atom stereocenters. The smallest absolute Gasteiger partial charge is 0.00430 e. The van der Waals surface area contributed by atoms with E-state index in [1.807, 2.05) is 0 Å². The Morgan fingerprint density at radius 3 is 2.25 bits per heavy atom. The fourth-order valence-electron chi connectivity index (χ4n) is 4.07. The fourth-order valence-corrected chi connectivity index (χ4v) is 4.07. The molecule has 1 heteroatoms. The van der Waals surface area contributed by atoms with Crippen molar-refractivity contribution in [2.24, 2.45) is 17.1 Å². The molecule has 1 aromatic carbocycles. The summed E-state index contributed by atoms with van der Waals surface area (Å²) in [5.41, 5.74) is 9.58. The lowest BCUT2D eigenvalue weighted by Crippen LogP contribution is -2.32. The lowest BCUT2D eigenvalue weighted by atomic mass is 9.65. The maximum atomic E-state index is 6.03. The molecule has 0 aromatic heterocycles. The average Bonchev–Trinajstić information content (AvgIpc) is 2.37. The van der Waals surface area contributed by atoms with Gasteiger partial charge < -0.3 is 5.73 Å². The van der Waals surface area contributed by atoms with Gasteiger partial charge in [0.15, 0.2) is 0 Å². The molecule has 2 aliphatic rings. The van der Waals surface area contributed by atoms with Crippen LogP contribution in [0.2, 0.25) is 0 Å². The molecule has 2 unspecified atom stereocenters. The van der Waals surface area contributed by atoms with Crippen molar-refractivity contribution in [3.63, 3.8) is 0 Å². The third kappa shape index (κ3) is 2.79. The molecule has 0 saturated heterocycles. The van der Waals surface area contributed by atoms with Crippen molar-refractivity contribution in [1.82, 2.24) is 0 Å². The maximum Gasteiger partial charge on any atom is -0.00430 e. The molecule has 1 nitrogen and oxygen atoms in total. The van der Waals surface area contributed by atoms with Crippen LogP contribution in [-0.2, 0) is 0 Å². The second-order valence-electron chi connectivity index (χ2n) is 7.80. The zero-order chi connectivity index (χ0) is 14.2. The van der Waals surface area contributed by atoms with Crippen molar-refractivity contribution in [3.05, 3.63) is 35.4 Å². The van der Waals surface area contributed by atoms with Crippen LogP contribution in [0.15, 0.2) is 24.3 Å². The minimum absolute atomic E-state index is 0.475. The van der Waals surface area contributed by atoms with Gasteiger partial charge in [-0.25, -0.2) is 0 Å². The van der Waals surface area contributed by atoms with Crippen LogP contribution < -0.4 is 5.73 Å². The van der Waals surface area contributed by atoms with Crippen molar-refractivity contribution in [3.8, 4) is 0 Å². The van der Waals surface area contributed by atoms with Gasteiger partial charge in [-0.05, 0) is 72.9 Å². The Balaban J connectivity index is 1.78. The first-order valence-corrected chi connectivity index (χ1v) is 8.39. The Hall–Kier alpha value is -0.820. The molecule has 3 rings (SSSR count). The van der Waals surface area contributed by atoms with Crippen LogP contribution in [0.5, 0.6) is 0 Å². The van der Waals surface area contributed by atoms with Gasteiger partial charge in [0, 0.05) is 0 Å². The highest BCUT2D eigenvalue weighted by Crippen LogP contribution is 2.46. The molecular formula is C19H29N. The van der Waals surface area contributed by atoms with Gasteiger partial charge in [-0.15, -0.1) is 0 Å². The average molecular weight is 271 g/mol. The molecule has 1 aromatic rings. The third-order valence-electron chi connectivity index (χ3n) is 5.78. The van der Waals surface area contributed by atoms with E-state index >= 15 is 0 Å². The van der Waals surface area contributed by atoms with Crippen LogP contribution in [0.3, 0.4) is 0 Å². The molecule has 20 heavy (non-hydrogen) atoms. The van der Waals surface area contributed by atoms with Crippen LogP contribution >= 0.6 is 0 Å². The molecule has 0 radical (unpaired) electrons. The first-order chi connectivity index (χ1) is 9.59. The second-order valence-corrected chi connectivity index (χ2v) is 7.80. The van der Waals surface area contributed by atoms with Crippen molar-refractivity contribution < 1.29 is 0 Å². The van der Waals surface area contributed by atoms with E-state index < -0.39 is 0 Å². The summed E-state index contributed by atoms with van der Waals surface area (Å²) in [5.74, 6) is 2.19. The standard InChI is InChI=1S/C19H29N/c1-19(2)11-10-17(13-20)18(12-19)16-8-6-15(7-9-16)14-4-3-5-14/h6-9,14,17-18H,3-5,10-13,20H2,1-2H3. The summed E-state index contributed by atoms with van der Waals surface area (Å²) in [6, 6.07) is 9.55. The van der Waals surface area contributed by atoms with Crippen molar-refractivity contribution in [2.45, 2.75) is 64.2 Å². The van der Waals surface area contributed by atoms with Gasteiger partial charge in [-0.2, -0.15) is 0 Å². The first kappa shape index (κ1) is 14.1. The summed E-state index contributed by atoms with van der Waals surface area (Å²) in [6.45, 7) is 5.66. The Morgan fingerprint density at radius 2 is 1.70 bits per heavy atom. The second kappa shape index (κ2) is 5.52. The lowest BCUT2D eigenvalue weighted by Gasteiger charge is -2.41. The molecule has 110 valence electrons. The summed E-state index contributed by atoms with van der Waals surface area (Å²) in [4.78, 5) is 0. The summed E-state index contributed by atoms with van der Waals surface area (Å²) in [6.07, 6.45) is 8.10. The van der Waals surface area contributed by atoms with Crippen molar-refractivity contribution in [1.29, 1.82) is 0 Å². The normalized spacial score (nSPS) is 29.9. The molecule has 0 amide bonds. The molecule has 0 aliphatic heterocycles.